The second-order valence-corrected chi connectivity index (χ2v) is 6.85. The first kappa shape index (κ1) is 21.4. The normalized spacial score (nSPS) is 11.6. The van der Waals surface area contributed by atoms with E-state index in [0.29, 0.717) is 11.5 Å². The minimum Gasteiger partial charge on any atom is -0.485 e. The maximum Gasteiger partial charge on any atom is 0.411 e. The van der Waals surface area contributed by atoms with Crippen LogP contribution in [0.5, 0.6) is 5.75 Å². The Hall–Kier alpha value is -3.79. The summed E-state index contributed by atoms with van der Waals surface area (Å²) in [5.74, 6) is 0.685. The van der Waals surface area contributed by atoms with Crippen molar-refractivity contribution in [3.05, 3.63) is 78.5 Å². The van der Waals surface area contributed by atoms with Crippen molar-refractivity contribution in [2.24, 2.45) is 0 Å². The summed E-state index contributed by atoms with van der Waals surface area (Å²) < 4.78 is 53.4. The summed E-state index contributed by atoms with van der Waals surface area (Å²) in [5, 5.41) is 8.41. The molecule has 4 rings (SSSR count). The number of anilines is 1. The number of carbonyl (C=O) groups excluding carboxylic acids is 1. The van der Waals surface area contributed by atoms with Crippen molar-refractivity contribution in [2.75, 3.05) is 11.9 Å². The molecule has 1 N–H and O–H groups in total. The quantitative estimate of drug-likeness (QED) is 0.413. The van der Waals surface area contributed by atoms with Crippen LogP contribution in [0.25, 0.3) is 10.8 Å². The molecule has 0 fully saturated rings. The predicted octanol–water partition coefficient (Wildman–Crippen LogP) is 5.00. The Bertz CT molecular complexity index is 1210. The highest BCUT2D eigenvalue weighted by atomic mass is 19.4. The summed E-state index contributed by atoms with van der Waals surface area (Å²) in [6.45, 7) is -1.65. The lowest BCUT2D eigenvalue weighted by Crippen LogP contribution is -2.18. The Kier molecular flexibility index (Phi) is 6.13. The van der Waals surface area contributed by atoms with E-state index in [4.69, 9.17) is 9.15 Å². The third kappa shape index (κ3) is 5.46. The van der Waals surface area contributed by atoms with Gasteiger partial charge in [0.25, 0.3) is 5.91 Å². The van der Waals surface area contributed by atoms with Crippen LogP contribution in [0.1, 0.15) is 16.3 Å². The summed E-state index contributed by atoms with van der Waals surface area (Å²) >= 11 is 0. The highest BCUT2D eigenvalue weighted by Gasteiger charge is 2.27. The molecule has 0 spiro atoms. The number of benzene rings is 2. The van der Waals surface area contributed by atoms with E-state index in [-0.39, 0.29) is 18.1 Å². The van der Waals surface area contributed by atoms with Crippen molar-refractivity contribution in [3.8, 4) is 5.75 Å². The van der Waals surface area contributed by atoms with Crippen molar-refractivity contribution in [1.82, 2.24) is 9.78 Å². The summed E-state index contributed by atoms with van der Waals surface area (Å²) in [4.78, 5) is 12.4. The van der Waals surface area contributed by atoms with Crippen molar-refractivity contribution in [3.63, 3.8) is 0 Å². The van der Waals surface area contributed by atoms with Gasteiger partial charge in [-0.05, 0) is 23.6 Å². The third-order valence-electron chi connectivity index (χ3n) is 4.39. The fourth-order valence-electron chi connectivity index (χ4n) is 2.99. The van der Waals surface area contributed by atoms with Gasteiger partial charge in [0.1, 0.15) is 31.5 Å². The van der Waals surface area contributed by atoms with E-state index in [9.17, 15) is 18.0 Å². The number of nitrogens with zero attached hydrogens (tertiary/aromatic N) is 2. The van der Waals surface area contributed by atoms with E-state index in [2.05, 4.69) is 15.2 Å². The number of aromatic nitrogens is 2. The number of fused-ring (bicyclic) bond motifs is 1. The van der Waals surface area contributed by atoms with Gasteiger partial charge in [0.15, 0.2) is 5.76 Å². The number of nitrogens with one attached hydrogen (secondary N) is 1. The van der Waals surface area contributed by atoms with Crippen LogP contribution in [0.15, 0.2) is 71.4 Å². The Morgan fingerprint density at radius 2 is 1.91 bits per heavy atom. The number of hydrogen-bond donors (Lipinski definition) is 1. The largest absolute Gasteiger partial charge is 0.485 e. The maximum atomic E-state index is 12.4. The minimum atomic E-state index is -4.42. The van der Waals surface area contributed by atoms with Gasteiger partial charge in [0.2, 0.25) is 0 Å². The summed E-state index contributed by atoms with van der Waals surface area (Å²) in [5.41, 5.74) is 0.288. The zero-order valence-corrected chi connectivity index (χ0v) is 16.6. The van der Waals surface area contributed by atoms with Gasteiger partial charge < -0.3 is 19.2 Å². The molecule has 32 heavy (non-hydrogen) atoms. The van der Waals surface area contributed by atoms with Crippen molar-refractivity contribution >= 4 is 22.4 Å². The average Bonchev–Trinajstić information content (AvgIpc) is 3.41. The molecule has 166 valence electrons. The number of amides is 1. The molecule has 0 saturated heterocycles. The molecule has 0 radical (unpaired) electrons. The highest BCUT2D eigenvalue weighted by Crippen LogP contribution is 2.26. The van der Waals surface area contributed by atoms with E-state index in [1.807, 2.05) is 42.5 Å². The SMILES string of the molecule is O=C(Nc1cnn(COCC(F)(F)F)c1)c1ccc(COc2cccc3ccccc23)o1. The van der Waals surface area contributed by atoms with Gasteiger partial charge in [0.05, 0.1) is 18.1 Å². The number of ether oxygens (including phenoxy) is 2. The van der Waals surface area contributed by atoms with E-state index in [0.717, 1.165) is 15.5 Å². The molecule has 0 saturated carbocycles. The van der Waals surface area contributed by atoms with Crippen molar-refractivity contribution in [2.45, 2.75) is 19.5 Å². The molecule has 2 aromatic carbocycles. The van der Waals surface area contributed by atoms with Gasteiger partial charge in [-0.2, -0.15) is 18.3 Å². The van der Waals surface area contributed by atoms with E-state index in [1.54, 1.807) is 6.07 Å². The Morgan fingerprint density at radius 3 is 2.75 bits per heavy atom. The molecule has 0 atom stereocenters. The Balaban J connectivity index is 1.32. The number of rotatable bonds is 8. The molecular formula is C22H18F3N3O4. The van der Waals surface area contributed by atoms with Crippen LogP contribution in [0.2, 0.25) is 0 Å². The second kappa shape index (κ2) is 9.15. The topological polar surface area (TPSA) is 78.5 Å². The standard InChI is InChI=1S/C22H18F3N3O4/c23-22(24,25)13-30-14-28-11-16(10-26-28)27-21(29)20-9-8-17(32-20)12-31-19-7-3-5-15-4-1-2-6-18(15)19/h1-11H,12-14H2,(H,27,29). The lowest BCUT2D eigenvalue weighted by atomic mass is 10.1. The molecule has 7 nitrogen and oxygen atoms in total. The molecule has 0 aliphatic rings. The molecule has 2 aromatic heterocycles. The van der Waals surface area contributed by atoms with Crippen LogP contribution in [-0.4, -0.2) is 28.5 Å². The Labute approximate surface area is 180 Å². The summed E-state index contributed by atoms with van der Waals surface area (Å²) in [6, 6.07) is 16.7. The molecule has 2 heterocycles. The minimum absolute atomic E-state index is 0.0580. The zero-order valence-electron chi connectivity index (χ0n) is 16.6. The highest BCUT2D eigenvalue weighted by molar-refractivity contribution is 6.02. The second-order valence-electron chi connectivity index (χ2n) is 6.85. The average molecular weight is 445 g/mol. The summed E-state index contributed by atoms with van der Waals surface area (Å²) in [6.07, 6.45) is -1.78. The lowest BCUT2D eigenvalue weighted by Gasteiger charge is -2.08. The van der Waals surface area contributed by atoms with Gasteiger partial charge >= 0.3 is 6.18 Å². The van der Waals surface area contributed by atoms with Crippen molar-refractivity contribution < 1.29 is 31.9 Å². The van der Waals surface area contributed by atoms with Crippen LogP contribution < -0.4 is 10.1 Å². The molecule has 0 aliphatic heterocycles. The van der Waals surface area contributed by atoms with Gasteiger partial charge in [-0.15, -0.1) is 0 Å². The maximum absolute atomic E-state index is 12.4. The van der Waals surface area contributed by atoms with Crippen LogP contribution >= 0.6 is 0 Å². The molecule has 1 amide bonds. The van der Waals surface area contributed by atoms with Gasteiger partial charge in [-0.1, -0.05) is 36.4 Å². The monoisotopic (exact) mass is 445 g/mol. The first-order valence-corrected chi connectivity index (χ1v) is 9.55. The smallest absolute Gasteiger partial charge is 0.411 e. The number of hydrogen-bond acceptors (Lipinski definition) is 5. The molecule has 4 aromatic rings. The molecule has 10 heteroatoms. The lowest BCUT2D eigenvalue weighted by molar-refractivity contribution is -0.182. The number of halogens is 3. The van der Waals surface area contributed by atoms with Crippen LogP contribution in [-0.2, 0) is 18.1 Å². The zero-order chi connectivity index (χ0) is 22.6. The molecule has 0 aliphatic carbocycles. The number of carbonyl (C=O) groups is 1. The van der Waals surface area contributed by atoms with E-state index in [1.165, 1.54) is 18.5 Å². The van der Waals surface area contributed by atoms with Crippen LogP contribution in [0.4, 0.5) is 18.9 Å². The van der Waals surface area contributed by atoms with Gasteiger partial charge in [0, 0.05) is 5.39 Å². The number of alkyl halides is 3. The Morgan fingerprint density at radius 1 is 1.09 bits per heavy atom. The van der Waals surface area contributed by atoms with Gasteiger partial charge in [-0.25, -0.2) is 4.68 Å². The fourth-order valence-corrected chi connectivity index (χ4v) is 2.99. The van der Waals surface area contributed by atoms with Gasteiger partial charge in [-0.3, -0.25) is 4.79 Å². The van der Waals surface area contributed by atoms with Crippen LogP contribution in [0.3, 0.4) is 0 Å². The fraction of sp³-hybridized carbons (Fsp3) is 0.182. The third-order valence-corrected chi connectivity index (χ3v) is 4.39. The predicted molar refractivity (Wildman–Crippen MR) is 109 cm³/mol. The number of furan rings is 1. The van der Waals surface area contributed by atoms with Crippen molar-refractivity contribution in [1.29, 1.82) is 0 Å². The van der Waals surface area contributed by atoms with E-state index >= 15 is 0 Å². The first-order valence-electron chi connectivity index (χ1n) is 9.55. The molecule has 0 unspecified atom stereocenters. The molecular weight excluding hydrogens is 427 g/mol. The van der Waals surface area contributed by atoms with Crippen LogP contribution in [0, 0.1) is 0 Å². The molecule has 0 bridgehead atoms. The first-order chi connectivity index (χ1) is 15.4. The van der Waals surface area contributed by atoms with E-state index < -0.39 is 25.4 Å². The summed E-state index contributed by atoms with van der Waals surface area (Å²) in [7, 11) is 0.